The van der Waals surface area contributed by atoms with Gasteiger partial charge < -0.3 is 28.6 Å². The van der Waals surface area contributed by atoms with Gasteiger partial charge in [-0.25, -0.2) is 19.0 Å². The third-order valence-electron chi connectivity index (χ3n) is 11.8. The highest BCUT2D eigenvalue weighted by Gasteiger charge is 2.36. The van der Waals surface area contributed by atoms with Crippen molar-refractivity contribution in [3.05, 3.63) is 105 Å². The molecule has 0 radical (unpaired) electrons. The largest absolute Gasteiger partial charge is 0.463 e. The summed E-state index contributed by atoms with van der Waals surface area (Å²) in [6, 6.07) is 9.83. The van der Waals surface area contributed by atoms with Gasteiger partial charge in [0.15, 0.2) is 0 Å². The summed E-state index contributed by atoms with van der Waals surface area (Å²) in [6.45, 7) is 11.4. The summed E-state index contributed by atoms with van der Waals surface area (Å²) >= 11 is 0. The van der Waals surface area contributed by atoms with Crippen LogP contribution in [-0.4, -0.2) is 69.9 Å². The van der Waals surface area contributed by atoms with Crippen LogP contribution in [0.25, 0.3) is 5.57 Å². The molecule has 0 bridgehead atoms. The SMILES string of the molecule is C=CC(=O)OCCCCOC(=O)c1cc(OC(=O)CCCCOC(=O)C=C)ccc1C1=c2cc3c4c(c2Oc2c1cc1c5c2CCCN5CCC1)CCC[N+]=4CCC3. The Kier molecular flexibility index (Phi) is 11.8. The lowest BCUT2D eigenvalue weighted by Gasteiger charge is -2.39. The number of ether oxygens (including phenoxy) is 5. The van der Waals surface area contributed by atoms with E-state index in [1.807, 2.05) is 6.07 Å². The van der Waals surface area contributed by atoms with Crippen molar-refractivity contribution >= 4 is 35.1 Å². The first-order chi connectivity index (χ1) is 28.3. The molecule has 8 rings (SSSR count). The monoisotopic (exact) mass is 787 g/mol. The second kappa shape index (κ2) is 17.4. The Hall–Kier alpha value is -5.71. The Balaban J connectivity index is 1.22. The number of carbonyl (C=O) groups is 4. The standard InChI is InChI=1S/C47H51N2O9/c1-3-39(50)54-24-6-5-17-41(52)57-32-18-19-33(36(29-32)47(53)56-26-8-7-25-55-40(51)4-2)42-37-27-30-13-9-20-48-22-11-15-34(43(30)48)45(37)58-46-35-16-12-23-49-21-10-14-31(44(35)49)28-38(42)46/h3-4,18-19,27-29H,1-2,5-17,20-26H2/q+1. The summed E-state index contributed by atoms with van der Waals surface area (Å²) in [6.07, 6.45) is 12.3. The Morgan fingerprint density at radius 3 is 2.16 bits per heavy atom. The van der Waals surface area contributed by atoms with Crippen molar-refractivity contribution in [3.63, 3.8) is 0 Å². The molecule has 0 fully saturated rings. The summed E-state index contributed by atoms with van der Waals surface area (Å²) in [4.78, 5) is 52.8. The second-order valence-corrected chi connectivity index (χ2v) is 15.6. The zero-order valence-electron chi connectivity index (χ0n) is 33.2. The smallest absolute Gasteiger partial charge is 0.338 e. The van der Waals surface area contributed by atoms with E-state index in [1.54, 1.807) is 12.1 Å². The van der Waals surface area contributed by atoms with E-state index < -0.39 is 23.9 Å². The zero-order valence-corrected chi connectivity index (χ0v) is 33.2. The Bertz CT molecular complexity index is 2320. The van der Waals surface area contributed by atoms with Gasteiger partial charge in [0.2, 0.25) is 5.36 Å². The van der Waals surface area contributed by atoms with Gasteiger partial charge in [0.25, 0.3) is 0 Å². The Morgan fingerprint density at radius 1 is 0.724 bits per heavy atom. The molecule has 0 amide bonds. The average Bonchev–Trinajstić information content (AvgIpc) is 3.24. The molecule has 0 aliphatic carbocycles. The van der Waals surface area contributed by atoms with Crippen LogP contribution in [0, 0.1) is 0 Å². The van der Waals surface area contributed by atoms with Gasteiger partial charge in [-0.1, -0.05) is 13.2 Å². The highest BCUT2D eigenvalue weighted by molar-refractivity contribution is 6.00. The zero-order chi connectivity index (χ0) is 40.2. The molecule has 302 valence electrons. The first-order valence-electron chi connectivity index (χ1n) is 20.9. The molecular formula is C47H51N2O9+. The van der Waals surface area contributed by atoms with Crippen LogP contribution in [0.2, 0.25) is 0 Å². The van der Waals surface area contributed by atoms with Gasteiger partial charge in [-0.15, -0.1) is 0 Å². The second-order valence-electron chi connectivity index (χ2n) is 15.6. The first kappa shape index (κ1) is 39.1. The molecule has 0 atom stereocenters. The lowest BCUT2D eigenvalue weighted by Crippen LogP contribution is -2.45. The van der Waals surface area contributed by atoms with E-state index in [4.69, 9.17) is 23.7 Å². The van der Waals surface area contributed by atoms with E-state index in [-0.39, 0.29) is 37.6 Å². The van der Waals surface area contributed by atoms with Crippen molar-refractivity contribution in [3.8, 4) is 17.2 Å². The topological polar surface area (TPSA) is 121 Å². The molecular weight excluding hydrogens is 737 g/mol. The van der Waals surface area contributed by atoms with Crippen LogP contribution < -0.4 is 29.5 Å². The van der Waals surface area contributed by atoms with E-state index in [0.717, 1.165) is 118 Å². The van der Waals surface area contributed by atoms with Crippen LogP contribution in [0.4, 0.5) is 5.69 Å². The molecule has 3 aromatic rings. The number of benzene rings is 3. The number of aryl methyl sites for hydroxylation is 2. The molecule has 11 nitrogen and oxygen atoms in total. The molecule has 0 N–H and O–H groups in total. The van der Waals surface area contributed by atoms with Crippen molar-refractivity contribution in [2.45, 2.75) is 83.5 Å². The molecule has 0 spiro atoms. The van der Waals surface area contributed by atoms with Gasteiger partial charge >= 0.3 is 23.9 Å². The van der Waals surface area contributed by atoms with Crippen molar-refractivity contribution in [2.75, 3.05) is 50.9 Å². The average molecular weight is 788 g/mol. The number of fused-ring (bicyclic) bond motifs is 4. The number of hydrogen-bond acceptors (Lipinski definition) is 10. The van der Waals surface area contributed by atoms with Crippen LogP contribution in [-0.2, 0) is 54.3 Å². The lowest BCUT2D eigenvalue weighted by molar-refractivity contribution is -0.138. The normalized spacial score (nSPS) is 15.8. The van der Waals surface area contributed by atoms with Crippen molar-refractivity contribution in [1.82, 2.24) is 4.58 Å². The number of hydrogen-bond donors (Lipinski definition) is 0. The maximum atomic E-state index is 14.3. The molecule has 0 saturated carbocycles. The molecule has 0 aromatic heterocycles. The molecule has 0 unspecified atom stereocenters. The van der Waals surface area contributed by atoms with Gasteiger partial charge in [-0.2, -0.15) is 0 Å². The predicted octanol–water partition coefficient (Wildman–Crippen LogP) is 5.59. The third kappa shape index (κ3) is 7.91. The highest BCUT2D eigenvalue weighted by atomic mass is 16.5. The summed E-state index contributed by atoms with van der Waals surface area (Å²) < 4.78 is 31.6. The summed E-state index contributed by atoms with van der Waals surface area (Å²) in [5.41, 5.74) is 9.28. The van der Waals surface area contributed by atoms with Gasteiger partial charge in [0, 0.05) is 77.7 Å². The van der Waals surface area contributed by atoms with E-state index >= 15 is 0 Å². The molecule has 0 saturated heterocycles. The maximum absolute atomic E-state index is 14.3. The number of carbonyl (C=O) groups excluding carboxylic acids is 4. The van der Waals surface area contributed by atoms with E-state index in [0.29, 0.717) is 31.2 Å². The summed E-state index contributed by atoms with van der Waals surface area (Å²) in [5.74, 6) is -0.0260. The lowest BCUT2D eigenvalue weighted by atomic mass is 9.81. The number of nitrogens with zero attached hydrogens (tertiary/aromatic N) is 2. The quantitative estimate of drug-likeness (QED) is 0.0377. The molecule has 11 heteroatoms. The van der Waals surface area contributed by atoms with Gasteiger partial charge in [0.1, 0.15) is 30.3 Å². The van der Waals surface area contributed by atoms with Crippen LogP contribution in [0.3, 0.4) is 0 Å². The fraction of sp³-hybridized carbons (Fsp3) is 0.426. The minimum absolute atomic E-state index is 0.106. The van der Waals surface area contributed by atoms with E-state index in [1.165, 1.54) is 33.3 Å². The Labute approximate surface area is 338 Å². The van der Waals surface area contributed by atoms with Gasteiger partial charge in [-0.3, -0.25) is 4.79 Å². The van der Waals surface area contributed by atoms with Gasteiger partial charge in [0.05, 0.1) is 30.9 Å². The number of unbranched alkanes of at least 4 members (excludes halogenated alkanes) is 2. The van der Waals surface area contributed by atoms with Crippen LogP contribution >= 0.6 is 0 Å². The highest BCUT2D eigenvalue weighted by Crippen LogP contribution is 2.49. The van der Waals surface area contributed by atoms with Crippen molar-refractivity contribution < 1.29 is 42.9 Å². The number of rotatable bonds is 15. The maximum Gasteiger partial charge on any atom is 0.338 e. The fourth-order valence-corrected chi connectivity index (χ4v) is 9.24. The Morgan fingerprint density at radius 2 is 1.40 bits per heavy atom. The van der Waals surface area contributed by atoms with Crippen molar-refractivity contribution in [2.24, 2.45) is 0 Å². The molecule has 3 aromatic carbocycles. The van der Waals surface area contributed by atoms with Crippen LogP contribution in [0.15, 0.2) is 55.6 Å². The first-order valence-corrected chi connectivity index (χ1v) is 20.9. The number of esters is 4. The summed E-state index contributed by atoms with van der Waals surface area (Å²) in [7, 11) is 0. The minimum Gasteiger partial charge on any atom is -0.463 e. The molecule has 58 heavy (non-hydrogen) atoms. The number of anilines is 1. The summed E-state index contributed by atoms with van der Waals surface area (Å²) in [5, 5.41) is 2.28. The van der Waals surface area contributed by atoms with Crippen LogP contribution in [0.5, 0.6) is 17.2 Å². The van der Waals surface area contributed by atoms with E-state index in [9.17, 15) is 19.2 Å². The molecule has 5 heterocycles. The van der Waals surface area contributed by atoms with Gasteiger partial charge in [-0.05, 0) is 106 Å². The van der Waals surface area contributed by atoms with E-state index in [2.05, 4.69) is 34.8 Å². The molecule has 5 aliphatic heterocycles. The van der Waals surface area contributed by atoms with Crippen LogP contribution in [0.1, 0.15) is 102 Å². The third-order valence-corrected chi connectivity index (χ3v) is 11.8. The van der Waals surface area contributed by atoms with Crippen molar-refractivity contribution in [1.29, 1.82) is 0 Å². The molecule has 5 aliphatic rings. The predicted molar refractivity (Wildman–Crippen MR) is 218 cm³/mol. The fourth-order valence-electron chi connectivity index (χ4n) is 9.24. The minimum atomic E-state index is -0.543.